The Labute approximate surface area is 166 Å². The lowest BCUT2D eigenvalue weighted by Gasteiger charge is -2.30. The van der Waals surface area contributed by atoms with Crippen molar-refractivity contribution in [2.75, 3.05) is 29.9 Å². The van der Waals surface area contributed by atoms with Crippen molar-refractivity contribution in [3.63, 3.8) is 0 Å². The standard InChI is InChI=1S/C22H26ClN3O/c23-19-16-18(11-12-21(19)25-13-5-2-6-14-25)24-22(27)26-15-7-10-20(26)17-8-3-1-4-9-17/h1,3-4,8-9,11-12,16,20H,2,5-7,10,13-15H2,(H,24,27). The van der Waals surface area contributed by atoms with Crippen LogP contribution in [-0.2, 0) is 0 Å². The third-order valence-corrected chi connectivity index (χ3v) is 5.90. The quantitative estimate of drug-likeness (QED) is 0.737. The molecule has 27 heavy (non-hydrogen) atoms. The van der Waals surface area contributed by atoms with Crippen molar-refractivity contribution in [3.05, 3.63) is 59.1 Å². The van der Waals surface area contributed by atoms with Gasteiger partial charge in [0.2, 0.25) is 0 Å². The minimum absolute atomic E-state index is 0.0526. The lowest BCUT2D eigenvalue weighted by molar-refractivity contribution is 0.207. The zero-order valence-electron chi connectivity index (χ0n) is 15.5. The molecule has 2 aliphatic heterocycles. The molecular weight excluding hydrogens is 358 g/mol. The molecule has 2 amide bonds. The van der Waals surface area contributed by atoms with Gasteiger partial charge in [0.25, 0.3) is 0 Å². The molecule has 2 aromatic carbocycles. The van der Waals surface area contributed by atoms with Crippen LogP contribution in [0.15, 0.2) is 48.5 Å². The SMILES string of the molecule is O=C(Nc1ccc(N2CCCCC2)c(Cl)c1)N1CCCC1c1ccccc1. The zero-order chi connectivity index (χ0) is 18.6. The Bertz CT molecular complexity index is 789. The highest BCUT2D eigenvalue weighted by molar-refractivity contribution is 6.33. The average molecular weight is 384 g/mol. The summed E-state index contributed by atoms with van der Waals surface area (Å²) in [6.45, 7) is 2.89. The Balaban J connectivity index is 1.45. The number of halogens is 1. The number of hydrogen-bond donors (Lipinski definition) is 1. The van der Waals surface area contributed by atoms with Crippen molar-refractivity contribution >= 4 is 29.0 Å². The van der Waals surface area contributed by atoms with Crippen LogP contribution in [0.5, 0.6) is 0 Å². The van der Waals surface area contributed by atoms with Gasteiger partial charge in [-0.15, -0.1) is 0 Å². The third kappa shape index (κ3) is 4.06. The van der Waals surface area contributed by atoms with Crippen LogP contribution in [0.4, 0.5) is 16.2 Å². The first-order valence-electron chi connectivity index (χ1n) is 9.89. The summed E-state index contributed by atoms with van der Waals surface area (Å²) >= 11 is 6.52. The number of amides is 2. The molecule has 0 bridgehead atoms. The van der Waals surface area contributed by atoms with Crippen molar-refractivity contribution in [1.82, 2.24) is 4.90 Å². The lowest BCUT2D eigenvalue weighted by Crippen LogP contribution is -2.34. The van der Waals surface area contributed by atoms with E-state index in [0.29, 0.717) is 5.02 Å². The summed E-state index contributed by atoms with van der Waals surface area (Å²) in [7, 11) is 0. The molecule has 4 rings (SSSR count). The lowest BCUT2D eigenvalue weighted by atomic mass is 10.1. The molecule has 0 radical (unpaired) electrons. The third-order valence-electron chi connectivity index (χ3n) is 5.59. The van der Waals surface area contributed by atoms with Gasteiger partial charge in [0, 0.05) is 25.3 Å². The summed E-state index contributed by atoms with van der Waals surface area (Å²) in [4.78, 5) is 17.1. The van der Waals surface area contributed by atoms with Gasteiger partial charge in [-0.05, 0) is 55.9 Å². The van der Waals surface area contributed by atoms with Crippen molar-refractivity contribution in [2.45, 2.75) is 38.1 Å². The first kappa shape index (κ1) is 18.2. The van der Waals surface area contributed by atoms with Gasteiger partial charge in [-0.1, -0.05) is 41.9 Å². The highest BCUT2D eigenvalue weighted by atomic mass is 35.5. The van der Waals surface area contributed by atoms with Gasteiger partial charge in [0.05, 0.1) is 16.8 Å². The number of hydrogen-bond acceptors (Lipinski definition) is 2. The highest BCUT2D eigenvalue weighted by Gasteiger charge is 2.30. The molecule has 2 saturated heterocycles. The molecule has 2 heterocycles. The maximum Gasteiger partial charge on any atom is 0.322 e. The monoisotopic (exact) mass is 383 g/mol. The molecule has 0 saturated carbocycles. The van der Waals surface area contributed by atoms with Gasteiger partial charge < -0.3 is 15.1 Å². The van der Waals surface area contributed by atoms with Crippen molar-refractivity contribution in [2.24, 2.45) is 0 Å². The van der Waals surface area contributed by atoms with E-state index in [4.69, 9.17) is 11.6 Å². The molecule has 0 spiro atoms. The van der Waals surface area contributed by atoms with Crippen LogP contribution in [-0.4, -0.2) is 30.6 Å². The molecule has 5 heteroatoms. The Morgan fingerprint density at radius 2 is 1.74 bits per heavy atom. The first-order chi connectivity index (χ1) is 13.2. The molecule has 1 unspecified atom stereocenters. The van der Waals surface area contributed by atoms with Gasteiger partial charge >= 0.3 is 6.03 Å². The summed E-state index contributed by atoms with van der Waals surface area (Å²) in [5, 5.41) is 3.74. The average Bonchev–Trinajstić information content (AvgIpc) is 3.19. The molecule has 2 fully saturated rings. The molecule has 1 atom stereocenters. The smallest absolute Gasteiger partial charge is 0.322 e. The Morgan fingerprint density at radius 3 is 2.48 bits per heavy atom. The van der Waals surface area contributed by atoms with E-state index in [1.807, 2.05) is 41.3 Å². The van der Waals surface area contributed by atoms with Crippen molar-refractivity contribution in [1.29, 1.82) is 0 Å². The number of carbonyl (C=O) groups excluding carboxylic acids is 1. The van der Waals surface area contributed by atoms with Crippen LogP contribution < -0.4 is 10.2 Å². The molecule has 2 aliphatic rings. The number of nitrogens with one attached hydrogen (secondary N) is 1. The van der Waals surface area contributed by atoms with Gasteiger partial charge in [-0.2, -0.15) is 0 Å². The van der Waals surface area contributed by atoms with E-state index in [0.717, 1.165) is 43.9 Å². The summed E-state index contributed by atoms with van der Waals surface area (Å²) in [6.07, 6.45) is 5.75. The number of anilines is 2. The summed E-state index contributed by atoms with van der Waals surface area (Å²) in [5.41, 5.74) is 3.02. The van der Waals surface area contributed by atoms with Crippen LogP contribution in [0, 0.1) is 0 Å². The zero-order valence-corrected chi connectivity index (χ0v) is 16.3. The maximum atomic E-state index is 12.9. The predicted molar refractivity (Wildman–Crippen MR) is 112 cm³/mol. The minimum Gasteiger partial charge on any atom is -0.370 e. The molecule has 4 nitrogen and oxygen atoms in total. The number of benzene rings is 2. The number of likely N-dealkylation sites (tertiary alicyclic amines) is 1. The molecule has 0 aliphatic carbocycles. The molecule has 0 aromatic heterocycles. The van der Waals surface area contributed by atoms with E-state index in [1.165, 1.54) is 24.8 Å². The summed E-state index contributed by atoms with van der Waals surface area (Å²) < 4.78 is 0. The van der Waals surface area contributed by atoms with E-state index in [2.05, 4.69) is 22.3 Å². The maximum absolute atomic E-state index is 12.9. The molecule has 142 valence electrons. The van der Waals surface area contributed by atoms with Crippen LogP contribution in [0.25, 0.3) is 0 Å². The second-order valence-electron chi connectivity index (χ2n) is 7.41. The van der Waals surface area contributed by atoms with E-state index < -0.39 is 0 Å². The fourth-order valence-electron chi connectivity index (χ4n) is 4.20. The number of carbonyl (C=O) groups is 1. The van der Waals surface area contributed by atoms with Gasteiger partial charge in [0.1, 0.15) is 0 Å². The van der Waals surface area contributed by atoms with Crippen LogP contribution in [0.2, 0.25) is 5.02 Å². The fraction of sp³-hybridized carbons (Fsp3) is 0.409. The van der Waals surface area contributed by atoms with Crippen LogP contribution in [0.3, 0.4) is 0 Å². The number of rotatable bonds is 3. The predicted octanol–water partition coefficient (Wildman–Crippen LogP) is 5.70. The molecule has 2 aromatic rings. The van der Waals surface area contributed by atoms with Crippen LogP contribution in [0.1, 0.15) is 43.7 Å². The molecule has 1 N–H and O–H groups in total. The van der Waals surface area contributed by atoms with Crippen molar-refractivity contribution in [3.8, 4) is 0 Å². The second-order valence-corrected chi connectivity index (χ2v) is 7.81. The van der Waals surface area contributed by atoms with Crippen LogP contribution >= 0.6 is 11.6 Å². The summed E-state index contributed by atoms with van der Waals surface area (Å²) in [5.74, 6) is 0. The number of urea groups is 1. The molecular formula is C22H26ClN3O. The van der Waals surface area contributed by atoms with Gasteiger partial charge in [0.15, 0.2) is 0 Å². The number of piperidine rings is 1. The highest BCUT2D eigenvalue weighted by Crippen LogP contribution is 2.34. The van der Waals surface area contributed by atoms with Crippen molar-refractivity contribution < 1.29 is 4.79 Å². The fourth-order valence-corrected chi connectivity index (χ4v) is 4.50. The second kappa shape index (κ2) is 8.22. The largest absolute Gasteiger partial charge is 0.370 e. The first-order valence-corrected chi connectivity index (χ1v) is 10.3. The van der Waals surface area contributed by atoms with E-state index >= 15 is 0 Å². The van der Waals surface area contributed by atoms with E-state index in [9.17, 15) is 4.79 Å². The Hall–Kier alpha value is -2.20. The van der Waals surface area contributed by atoms with E-state index in [1.54, 1.807) is 0 Å². The van der Waals surface area contributed by atoms with Gasteiger partial charge in [-0.3, -0.25) is 0 Å². The van der Waals surface area contributed by atoms with E-state index in [-0.39, 0.29) is 12.1 Å². The minimum atomic E-state index is -0.0526. The topological polar surface area (TPSA) is 35.6 Å². The van der Waals surface area contributed by atoms with Gasteiger partial charge in [-0.25, -0.2) is 4.79 Å². The summed E-state index contributed by atoms with van der Waals surface area (Å²) in [6, 6.07) is 16.2. The normalized spacial score (nSPS) is 20.0. The Morgan fingerprint density at radius 1 is 0.963 bits per heavy atom. The number of nitrogens with zero attached hydrogens (tertiary/aromatic N) is 2. The Kier molecular flexibility index (Phi) is 5.53.